The van der Waals surface area contributed by atoms with Crippen molar-refractivity contribution in [3.63, 3.8) is 0 Å². The van der Waals surface area contributed by atoms with Crippen molar-refractivity contribution < 1.29 is 27.6 Å². The number of nitrogens with one attached hydrogen (secondary N) is 2. The number of rotatable bonds is 11. The van der Waals surface area contributed by atoms with Crippen LogP contribution in [0.15, 0.2) is 71.1 Å². The minimum absolute atomic E-state index is 0.0501. The zero-order valence-electron chi connectivity index (χ0n) is 32.3. The molecule has 3 aliphatic heterocycles. The maximum absolute atomic E-state index is 13.4. The highest BCUT2D eigenvalue weighted by Crippen LogP contribution is 2.44. The number of piperazine rings is 1. The Kier molecular flexibility index (Phi) is 11.9. The van der Waals surface area contributed by atoms with Crippen molar-refractivity contribution in [3.05, 3.63) is 92.5 Å². The first-order chi connectivity index (χ1) is 26.7. The summed E-state index contributed by atoms with van der Waals surface area (Å²) in [6.45, 7) is 14.3. The van der Waals surface area contributed by atoms with E-state index in [4.69, 9.17) is 21.1 Å². The largest absolute Gasteiger partial charge is 0.489 e. The molecule has 2 N–H and O–H groups in total. The number of nitro groups is 1. The molecule has 0 aromatic heterocycles. The zero-order chi connectivity index (χ0) is 39.6. The van der Waals surface area contributed by atoms with Crippen LogP contribution in [0.25, 0.3) is 5.57 Å². The van der Waals surface area contributed by atoms with Gasteiger partial charge in [-0.3, -0.25) is 24.7 Å². The monoisotopic (exact) mass is 806 g/mol. The van der Waals surface area contributed by atoms with Crippen molar-refractivity contribution in [1.29, 1.82) is 0 Å². The Bertz CT molecular complexity index is 2070. The standard InChI is InChI=1S/C41H51ClN6O7S/c1-28-25-45(20-21-54-28)15-13-33-27-55-38-23-35(22-37(48(50)51)39(38)43-33)56(52,53)44-40(49)30-6-10-34(11-7-30)47-18-16-46(17-19-47)26-31-12-14-41(2,3)24-36(31)29-4-8-32(42)9-5-29/h4-11,22-23,28,33,43H,12-21,24-27H2,1-3H3,(H,44,49)/t28-,33-/m1/s1. The van der Waals surface area contributed by atoms with Crippen LogP contribution in [0, 0.1) is 15.5 Å². The van der Waals surface area contributed by atoms with Gasteiger partial charge in [-0.25, -0.2) is 13.1 Å². The third kappa shape index (κ3) is 9.48. The molecule has 1 amide bonds. The zero-order valence-corrected chi connectivity index (χ0v) is 33.8. The second-order valence-electron chi connectivity index (χ2n) is 16.2. The normalized spacial score (nSPS) is 21.8. The first kappa shape index (κ1) is 40.0. The van der Waals surface area contributed by atoms with Gasteiger partial charge in [0.1, 0.15) is 6.61 Å². The second kappa shape index (κ2) is 16.7. The molecule has 2 saturated heterocycles. The van der Waals surface area contributed by atoms with Crippen LogP contribution in [0.2, 0.25) is 5.02 Å². The number of carbonyl (C=O) groups excluding carboxylic acids is 1. The van der Waals surface area contributed by atoms with E-state index in [1.54, 1.807) is 12.1 Å². The van der Waals surface area contributed by atoms with Gasteiger partial charge in [0.25, 0.3) is 21.6 Å². The molecule has 56 heavy (non-hydrogen) atoms. The number of carbonyl (C=O) groups is 1. The first-order valence-corrected chi connectivity index (χ1v) is 21.3. The third-order valence-corrected chi connectivity index (χ3v) is 12.9. The third-order valence-electron chi connectivity index (χ3n) is 11.4. The Balaban J connectivity index is 0.953. The smallest absolute Gasteiger partial charge is 0.297 e. The van der Waals surface area contributed by atoms with E-state index >= 15 is 0 Å². The molecule has 0 unspecified atom stereocenters. The first-order valence-electron chi connectivity index (χ1n) is 19.4. The molecule has 300 valence electrons. The number of benzene rings is 3. The molecule has 2 fully saturated rings. The molecule has 1 aliphatic carbocycles. The van der Waals surface area contributed by atoms with E-state index in [0.717, 1.165) is 88.4 Å². The van der Waals surface area contributed by atoms with Crippen molar-refractivity contribution >= 4 is 50.2 Å². The molecule has 0 saturated carbocycles. The molecule has 3 aromatic carbocycles. The molecule has 15 heteroatoms. The van der Waals surface area contributed by atoms with E-state index in [1.165, 1.54) is 22.8 Å². The summed E-state index contributed by atoms with van der Waals surface area (Å²) in [4.78, 5) is 31.3. The number of hydrogen-bond acceptors (Lipinski definition) is 11. The summed E-state index contributed by atoms with van der Waals surface area (Å²) in [6, 6.07) is 17.0. The predicted octanol–water partition coefficient (Wildman–Crippen LogP) is 6.44. The van der Waals surface area contributed by atoms with Gasteiger partial charge in [-0.15, -0.1) is 0 Å². The number of nitro benzene ring substituents is 1. The molecule has 4 aliphatic rings. The van der Waals surface area contributed by atoms with E-state index in [1.807, 2.05) is 31.2 Å². The molecule has 7 rings (SSSR count). The highest BCUT2D eigenvalue weighted by molar-refractivity contribution is 7.90. The number of hydrogen-bond donors (Lipinski definition) is 2. The van der Waals surface area contributed by atoms with E-state index in [0.29, 0.717) is 13.0 Å². The van der Waals surface area contributed by atoms with Crippen LogP contribution in [-0.4, -0.2) is 107 Å². The van der Waals surface area contributed by atoms with Crippen LogP contribution in [-0.2, 0) is 14.8 Å². The lowest BCUT2D eigenvalue weighted by Gasteiger charge is -2.39. The van der Waals surface area contributed by atoms with Crippen LogP contribution in [0.5, 0.6) is 5.75 Å². The average molecular weight is 807 g/mol. The van der Waals surface area contributed by atoms with Gasteiger partial charge in [0.2, 0.25) is 0 Å². The molecule has 3 heterocycles. The van der Waals surface area contributed by atoms with Gasteiger partial charge < -0.3 is 19.7 Å². The van der Waals surface area contributed by atoms with E-state index in [9.17, 15) is 23.3 Å². The van der Waals surface area contributed by atoms with Crippen LogP contribution >= 0.6 is 11.6 Å². The molecule has 13 nitrogen and oxygen atoms in total. The van der Waals surface area contributed by atoms with E-state index in [-0.39, 0.29) is 41.2 Å². The Morgan fingerprint density at radius 3 is 2.46 bits per heavy atom. The minimum Gasteiger partial charge on any atom is -0.489 e. The SMILES string of the molecule is C[C@@H]1CN(CC[C@@H]2COc3cc(S(=O)(=O)NC(=O)c4ccc(N5CCN(CC6=C(c7ccc(Cl)cc7)CC(C)(C)CC6)CC5)cc4)cc([N+](=O)[O-])c3N2)CCO1. The Morgan fingerprint density at radius 2 is 1.77 bits per heavy atom. The van der Waals surface area contributed by atoms with E-state index < -0.39 is 31.4 Å². The molecule has 0 radical (unpaired) electrons. The number of sulfonamides is 1. The molecular formula is C41H51ClN6O7S. The van der Waals surface area contributed by atoms with Crippen LogP contribution in [0.3, 0.4) is 0 Å². The number of anilines is 2. The van der Waals surface area contributed by atoms with Crippen molar-refractivity contribution in [3.8, 4) is 5.75 Å². The van der Waals surface area contributed by atoms with Gasteiger partial charge in [-0.05, 0) is 85.6 Å². The van der Waals surface area contributed by atoms with E-state index in [2.05, 4.69) is 50.7 Å². The molecular weight excluding hydrogens is 756 g/mol. The number of morpholine rings is 1. The van der Waals surface area contributed by atoms with Crippen molar-refractivity contribution in [2.24, 2.45) is 5.41 Å². The number of fused-ring (bicyclic) bond motifs is 1. The van der Waals surface area contributed by atoms with Gasteiger partial charge in [-0.2, -0.15) is 0 Å². The number of halogens is 1. The average Bonchev–Trinajstić information content (AvgIpc) is 3.17. The summed E-state index contributed by atoms with van der Waals surface area (Å²) < 4.78 is 40.4. The summed E-state index contributed by atoms with van der Waals surface area (Å²) in [5.41, 5.74) is 5.22. The summed E-state index contributed by atoms with van der Waals surface area (Å²) >= 11 is 6.20. The fourth-order valence-corrected chi connectivity index (χ4v) is 9.25. The van der Waals surface area contributed by atoms with Gasteiger partial charge >= 0.3 is 0 Å². The Morgan fingerprint density at radius 1 is 1.04 bits per heavy atom. The maximum Gasteiger partial charge on any atom is 0.297 e. The summed E-state index contributed by atoms with van der Waals surface area (Å²) in [5.74, 6) is -0.784. The topological polar surface area (TPSA) is 147 Å². The predicted molar refractivity (Wildman–Crippen MR) is 218 cm³/mol. The molecule has 0 spiro atoms. The lowest BCUT2D eigenvalue weighted by Crippen LogP contribution is -2.47. The fraction of sp³-hybridized carbons (Fsp3) is 0.488. The van der Waals surface area contributed by atoms with Gasteiger partial charge in [0.05, 0.1) is 28.6 Å². The summed E-state index contributed by atoms with van der Waals surface area (Å²) in [5, 5.41) is 16.0. The second-order valence-corrected chi connectivity index (χ2v) is 18.3. The van der Waals surface area contributed by atoms with Crippen molar-refractivity contribution in [1.82, 2.24) is 14.5 Å². The van der Waals surface area contributed by atoms with Crippen molar-refractivity contribution in [2.75, 3.05) is 75.8 Å². The van der Waals surface area contributed by atoms with Crippen LogP contribution < -0.4 is 19.7 Å². The Labute approximate surface area is 334 Å². The van der Waals surface area contributed by atoms with Gasteiger partial charge in [0.15, 0.2) is 11.4 Å². The fourth-order valence-electron chi connectivity index (χ4n) is 8.12. The lowest BCUT2D eigenvalue weighted by atomic mass is 9.72. The minimum atomic E-state index is -4.48. The molecule has 0 bridgehead atoms. The lowest BCUT2D eigenvalue weighted by molar-refractivity contribution is -0.384. The number of ether oxygens (including phenoxy) is 2. The molecule has 3 aromatic rings. The van der Waals surface area contributed by atoms with Gasteiger partial charge in [0, 0.05) is 80.8 Å². The quantitative estimate of drug-likeness (QED) is 0.163. The van der Waals surface area contributed by atoms with Crippen LogP contribution in [0.4, 0.5) is 17.1 Å². The highest BCUT2D eigenvalue weighted by Gasteiger charge is 2.33. The number of allylic oxidation sites excluding steroid dienone is 1. The summed E-state index contributed by atoms with van der Waals surface area (Å²) in [6.07, 6.45) is 4.11. The number of nitrogens with zero attached hydrogens (tertiary/aromatic N) is 4. The van der Waals surface area contributed by atoms with Crippen molar-refractivity contribution in [2.45, 2.75) is 63.5 Å². The molecule has 2 atom stereocenters. The van der Waals surface area contributed by atoms with Crippen LogP contribution in [0.1, 0.15) is 62.4 Å². The van der Waals surface area contributed by atoms with Gasteiger partial charge in [-0.1, -0.05) is 43.2 Å². The Hall–Kier alpha value is -4.21. The highest BCUT2D eigenvalue weighted by atomic mass is 35.5. The summed E-state index contributed by atoms with van der Waals surface area (Å²) in [7, 11) is -4.48. The number of amides is 1. The maximum atomic E-state index is 13.4.